The number of amides is 2. The Labute approximate surface area is 132 Å². The van der Waals surface area contributed by atoms with E-state index in [2.05, 4.69) is 15.6 Å². The number of thiazole rings is 1. The number of rotatable bonds is 5. The molecule has 4 N–H and O–H groups in total. The third kappa shape index (κ3) is 4.12. The van der Waals surface area contributed by atoms with Crippen LogP contribution in [-0.4, -0.2) is 23.3 Å². The molecule has 2 aromatic rings. The monoisotopic (exact) mass is 318 g/mol. The maximum atomic E-state index is 12.3. The molecule has 0 aliphatic carbocycles. The fourth-order valence-corrected chi connectivity index (χ4v) is 2.69. The zero-order valence-corrected chi connectivity index (χ0v) is 13.3. The lowest BCUT2D eigenvalue weighted by molar-refractivity contribution is -0.114. The van der Waals surface area contributed by atoms with Crippen molar-refractivity contribution in [3.8, 4) is 0 Å². The molecule has 0 saturated heterocycles. The van der Waals surface area contributed by atoms with Crippen molar-refractivity contribution in [2.75, 3.05) is 17.2 Å². The van der Waals surface area contributed by atoms with Crippen molar-refractivity contribution in [1.82, 2.24) is 4.98 Å². The van der Waals surface area contributed by atoms with E-state index in [0.29, 0.717) is 30.0 Å². The smallest absolute Gasteiger partial charge is 0.275 e. The molecule has 7 heteroatoms. The van der Waals surface area contributed by atoms with Gasteiger partial charge in [0.1, 0.15) is 5.69 Å². The second-order valence-electron chi connectivity index (χ2n) is 4.85. The normalized spacial score (nSPS) is 10.3. The van der Waals surface area contributed by atoms with Crippen molar-refractivity contribution in [1.29, 1.82) is 0 Å². The van der Waals surface area contributed by atoms with E-state index in [0.717, 1.165) is 10.6 Å². The summed E-state index contributed by atoms with van der Waals surface area (Å²) in [4.78, 5) is 27.8. The quantitative estimate of drug-likeness (QED) is 0.787. The van der Waals surface area contributed by atoms with Crippen molar-refractivity contribution >= 4 is 34.5 Å². The molecule has 0 saturated carbocycles. The Hall–Kier alpha value is -2.25. The summed E-state index contributed by atoms with van der Waals surface area (Å²) >= 11 is 1.41. The Kier molecular flexibility index (Phi) is 5.24. The molecule has 0 aliphatic heterocycles. The first-order valence-corrected chi connectivity index (χ1v) is 7.71. The molecule has 0 unspecified atom stereocenters. The molecule has 0 bridgehead atoms. The molecule has 0 radical (unpaired) electrons. The van der Waals surface area contributed by atoms with Gasteiger partial charge in [-0.1, -0.05) is 6.07 Å². The third-order valence-corrected chi connectivity index (χ3v) is 3.79. The van der Waals surface area contributed by atoms with Gasteiger partial charge < -0.3 is 16.4 Å². The van der Waals surface area contributed by atoms with E-state index in [-0.39, 0.29) is 11.8 Å². The minimum atomic E-state index is -0.309. The molecule has 0 spiro atoms. The van der Waals surface area contributed by atoms with Crippen LogP contribution < -0.4 is 16.4 Å². The van der Waals surface area contributed by atoms with Gasteiger partial charge in [-0.3, -0.25) is 9.59 Å². The number of nitrogens with zero attached hydrogens (tertiary/aromatic N) is 1. The average molecular weight is 318 g/mol. The predicted octanol–water partition coefficient (Wildman–Crippen LogP) is 2.16. The van der Waals surface area contributed by atoms with Crippen LogP contribution in [0.15, 0.2) is 23.6 Å². The van der Waals surface area contributed by atoms with Crippen LogP contribution in [0.2, 0.25) is 0 Å². The summed E-state index contributed by atoms with van der Waals surface area (Å²) in [5, 5.41) is 8.02. The van der Waals surface area contributed by atoms with Crippen LogP contribution in [0.5, 0.6) is 0 Å². The summed E-state index contributed by atoms with van der Waals surface area (Å²) in [7, 11) is 0. The zero-order chi connectivity index (χ0) is 16.1. The highest BCUT2D eigenvalue weighted by molar-refractivity contribution is 7.09. The Bertz CT molecular complexity index is 697. The summed E-state index contributed by atoms with van der Waals surface area (Å²) in [5.74, 6) is -0.505. The lowest BCUT2D eigenvalue weighted by Crippen LogP contribution is -2.16. The van der Waals surface area contributed by atoms with Crippen molar-refractivity contribution in [2.45, 2.75) is 20.3 Å². The molecule has 0 atom stereocenters. The van der Waals surface area contributed by atoms with Gasteiger partial charge in [-0.15, -0.1) is 11.3 Å². The van der Waals surface area contributed by atoms with Crippen molar-refractivity contribution in [3.63, 3.8) is 0 Å². The molecule has 2 amide bonds. The summed E-state index contributed by atoms with van der Waals surface area (Å²) in [6, 6.07) is 5.42. The van der Waals surface area contributed by atoms with Crippen LogP contribution in [0.1, 0.15) is 28.0 Å². The fraction of sp³-hybridized carbons (Fsp3) is 0.267. The lowest BCUT2D eigenvalue weighted by Gasteiger charge is -2.11. The van der Waals surface area contributed by atoms with Gasteiger partial charge in [-0.25, -0.2) is 4.98 Å². The first-order chi connectivity index (χ1) is 10.5. The highest BCUT2D eigenvalue weighted by Crippen LogP contribution is 2.24. The summed E-state index contributed by atoms with van der Waals surface area (Å²) in [6.45, 7) is 3.83. The van der Waals surface area contributed by atoms with Gasteiger partial charge in [0.05, 0.1) is 16.4 Å². The Morgan fingerprint density at radius 1 is 1.27 bits per heavy atom. The largest absolute Gasteiger partial charge is 0.330 e. The molecule has 0 fully saturated rings. The maximum absolute atomic E-state index is 12.3. The van der Waals surface area contributed by atoms with Gasteiger partial charge in [-0.05, 0) is 31.2 Å². The molecule has 6 nitrogen and oxygen atoms in total. The number of anilines is 2. The Morgan fingerprint density at radius 2 is 2.05 bits per heavy atom. The Morgan fingerprint density at radius 3 is 2.73 bits per heavy atom. The topological polar surface area (TPSA) is 97.1 Å². The van der Waals surface area contributed by atoms with E-state index in [4.69, 9.17) is 5.73 Å². The van der Waals surface area contributed by atoms with Gasteiger partial charge in [0.25, 0.3) is 5.91 Å². The second kappa shape index (κ2) is 7.15. The molecule has 22 heavy (non-hydrogen) atoms. The van der Waals surface area contributed by atoms with E-state index in [1.54, 1.807) is 17.5 Å². The van der Waals surface area contributed by atoms with Crippen LogP contribution in [0, 0.1) is 6.92 Å². The molecule has 2 rings (SSSR count). The van der Waals surface area contributed by atoms with E-state index >= 15 is 0 Å². The number of benzene rings is 1. The maximum Gasteiger partial charge on any atom is 0.275 e. The molecule has 116 valence electrons. The standard InChI is InChI=1S/C15H18N4O2S/c1-9-3-4-11(17-10(2)20)12(7-9)19-15(21)13-8-22-14(18-13)5-6-16/h3-4,7-8H,5-6,16H2,1-2H3,(H,17,20)(H,19,21). The van der Waals surface area contributed by atoms with Gasteiger partial charge in [0.2, 0.25) is 5.91 Å². The van der Waals surface area contributed by atoms with Crippen molar-refractivity contribution in [3.05, 3.63) is 39.8 Å². The van der Waals surface area contributed by atoms with Crippen molar-refractivity contribution < 1.29 is 9.59 Å². The van der Waals surface area contributed by atoms with Gasteiger partial charge in [-0.2, -0.15) is 0 Å². The van der Waals surface area contributed by atoms with Crippen LogP contribution in [0.3, 0.4) is 0 Å². The number of hydrogen-bond acceptors (Lipinski definition) is 5. The number of aryl methyl sites for hydroxylation is 1. The summed E-state index contributed by atoms with van der Waals surface area (Å²) in [6.07, 6.45) is 0.652. The first kappa shape index (κ1) is 16.1. The van der Waals surface area contributed by atoms with E-state index in [1.165, 1.54) is 18.3 Å². The lowest BCUT2D eigenvalue weighted by atomic mass is 10.2. The molecular formula is C15H18N4O2S. The summed E-state index contributed by atoms with van der Waals surface area (Å²) in [5.41, 5.74) is 7.92. The number of carbonyl (C=O) groups is 2. The van der Waals surface area contributed by atoms with Gasteiger partial charge in [0.15, 0.2) is 0 Å². The van der Waals surface area contributed by atoms with Crippen molar-refractivity contribution in [2.24, 2.45) is 5.73 Å². The SMILES string of the molecule is CC(=O)Nc1ccc(C)cc1NC(=O)c1csc(CCN)n1. The minimum absolute atomic E-state index is 0.196. The number of aromatic nitrogens is 1. The van der Waals surface area contributed by atoms with E-state index in [1.807, 2.05) is 13.0 Å². The van der Waals surface area contributed by atoms with Gasteiger partial charge in [0, 0.05) is 18.7 Å². The molecule has 0 aliphatic rings. The van der Waals surface area contributed by atoms with Gasteiger partial charge >= 0.3 is 0 Å². The third-order valence-electron chi connectivity index (χ3n) is 2.88. The predicted molar refractivity (Wildman–Crippen MR) is 88.3 cm³/mol. The van der Waals surface area contributed by atoms with E-state index < -0.39 is 0 Å². The highest BCUT2D eigenvalue weighted by Gasteiger charge is 2.13. The highest BCUT2D eigenvalue weighted by atomic mass is 32.1. The van der Waals surface area contributed by atoms with Crippen LogP contribution in [0.25, 0.3) is 0 Å². The molecular weight excluding hydrogens is 300 g/mol. The fourth-order valence-electron chi connectivity index (χ4n) is 1.90. The number of hydrogen-bond donors (Lipinski definition) is 3. The molecule has 1 aromatic heterocycles. The average Bonchev–Trinajstić information content (AvgIpc) is 2.90. The number of nitrogens with one attached hydrogen (secondary N) is 2. The first-order valence-electron chi connectivity index (χ1n) is 6.83. The Balaban J connectivity index is 2.19. The van der Waals surface area contributed by atoms with Crippen LogP contribution >= 0.6 is 11.3 Å². The minimum Gasteiger partial charge on any atom is -0.330 e. The van der Waals surface area contributed by atoms with E-state index in [9.17, 15) is 9.59 Å². The molecule has 1 aromatic carbocycles. The van der Waals surface area contributed by atoms with Crippen LogP contribution in [0.4, 0.5) is 11.4 Å². The zero-order valence-electron chi connectivity index (χ0n) is 12.5. The second-order valence-corrected chi connectivity index (χ2v) is 5.79. The van der Waals surface area contributed by atoms with Crippen LogP contribution in [-0.2, 0) is 11.2 Å². The molecule has 1 heterocycles. The number of nitrogens with two attached hydrogens (primary N) is 1. The number of carbonyl (C=O) groups excluding carboxylic acids is 2. The summed E-state index contributed by atoms with van der Waals surface area (Å²) < 4.78 is 0.